The molecule has 0 radical (unpaired) electrons. The number of carbonyl (C=O) groups is 1. The average molecular weight is 361 g/mol. The summed E-state index contributed by atoms with van der Waals surface area (Å²) in [5, 5.41) is 22.4. The summed E-state index contributed by atoms with van der Waals surface area (Å²) < 4.78 is 0. The third-order valence-corrected chi connectivity index (χ3v) is 3.75. The van der Waals surface area contributed by atoms with Crippen molar-refractivity contribution in [2.45, 2.75) is 13.8 Å². The van der Waals surface area contributed by atoms with Crippen LogP contribution < -0.4 is 5.32 Å². The molecule has 0 aliphatic heterocycles. The lowest BCUT2D eigenvalue weighted by molar-refractivity contribution is -0.112. The van der Waals surface area contributed by atoms with Crippen LogP contribution in [0.4, 0.5) is 5.69 Å². The van der Waals surface area contributed by atoms with Crippen LogP contribution in [0.1, 0.15) is 16.7 Å². The lowest BCUT2D eigenvalue weighted by atomic mass is 10.0. The molecule has 2 N–H and O–H groups in total. The highest BCUT2D eigenvalue weighted by molar-refractivity contribution is 6.35. The summed E-state index contributed by atoms with van der Waals surface area (Å²) in [5.41, 5.74) is 2.31. The molecule has 0 fully saturated rings. The molecule has 6 heteroatoms. The van der Waals surface area contributed by atoms with Crippen molar-refractivity contribution < 1.29 is 9.90 Å². The van der Waals surface area contributed by atoms with Crippen LogP contribution in [0.2, 0.25) is 10.0 Å². The van der Waals surface area contributed by atoms with Crippen LogP contribution in [0.5, 0.6) is 5.75 Å². The number of carbonyl (C=O) groups excluding carboxylic acids is 1. The van der Waals surface area contributed by atoms with E-state index in [0.29, 0.717) is 32.4 Å². The molecule has 2 aromatic carbocycles. The minimum Gasteiger partial charge on any atom is -0.507 e. The third kappa shape index (κ3) is 4.29. The Morgan fingerprint density at radius 1 is 1.12 bits per heavy atom. The van der Waals surface area contributed by atoms with Gasteiger partial charge in [0.2, 0.25) is 0 Å². The number of phenols is 1. The van der Waals surface area contributed by atoms with E-state index in [4.69, 9.17) is 23.2 Å². The fraction of sp³-hybridized carbons (Fsp3) is 0.111. The molecule has 0 heterocycles. The zero-order valence-electron chi connectivity index (χ0n) is 13.0. The van der Waals surface area contributed by atoms with E-state index in [9.17, 15) is 15.2 Å². The average Bonchev–Trinajstić information content (AvgIpc) is 2.48. The summed E-state index contributed by atoms with van der Waals surface area (Å²) in [7, 11) is 0. The molecule has 0 saturated heterocycles. The van der Waals surface area contributed by atoms with Crippen LogP contribution in [0.15, 0.2) is 35.9 Å². The molecule has 1 amide bonds. The van der Waals surface area contributed by atoms with Crippen LogP contribution in [0, 0.1) is 25.2 Å². The number of aryl methyl sites for hydroxylation is 2. The molecule has 2 aromatic rings. The highest BCUT2D eigenvalue weighted by Crippen LogP contribution is 2.25. The Morgan fingerprint density at radius 3 is 2.17 bits per heavy atom. The molecule has 0 aliphatic carbocycles. The first-order chi connectivity index (χ1) is 11.3. The number of aromatic hydroxyl groups is 1. The lowest BCUT2D eigenvalue weighted by Gasteiger charge is -2.07. The van der Waals surface area contributed by atoms with E-state index in [1.807, 2.05) is 6.07 Å². The number of nitriles is 1. The van der Waals surface area contributed by atoms with Crippen molar-refractivity contribution in [3.05, 3.63) is 62.6 Å². The fourth-order valence-electron chi connectivity index (χ4n) is 2.21. The SMILES string of the molecule is Cc1cc(/C=C(/C#N)C(=O)Nc2cc(Cl)cc(Cl)c2)cc(C)c1O. The normalized spacial score (nSPS) is 11.0. The molecule has 24 heavy (non-hydrogen) atoms. The molecule has 4 nitrogen and oxygen atoms in total. The Bertz CT molecular complexity index is 840. The minimum absolute atomic E-state index is 0.0735. The van der Waals surface area contributed by atoms with E-state index in [1.54, 1.807) is 32.0 Å². The van der Waals surface area contributed by atoms with Crippen molar-refractivity contribution >= 4 is 40.9 Å². The van der Waals surface area contributed by atoms with Gasteiger partial charge >= 0.3 is 0 Å². The number of hydrogen-bond donors (Lipinski definition) is 2. The van der Waals surface area contributed by atoms with E-state index >= 15 is 0 Å². The molecule has 0 aliphatic rings. The largest absolute Gasteiger partial charge is 0.507 e. The van der Waals surface area contributed by atoms with Gasteiger partial charge in [-0.1, -0.05) is 23.2 Å². The highest BCUT2D eigenvalue weighted by atomic mass is 35.5. The van der Waals surface area contributed by atoms with Gasteiger partial charge in [-0.2, -0.15) is 5.26 Å². The second-order valence-corrected chi connectivity index (χ2v) is 6.16. The summed E-state index contributed by atoms with van der Waals surface area (Å²) in [5.74, 6) is -0.372. The second kappa shape index (κ2) is 7.39. The topological polar surface area (TPSA) is 73.1 Å². The van der Waals surface area contributed by atoms with Crippen molar-refractivity contribution in [1.29, 1.82) is 5.26 Å². The number of benzene rings is 2. The smallest absolute Gasteiger partial charge is 0.266 e. The summed E-state index contributed by atoms with van der Waals surface area (Å²) in [6.45, 7) is 3.50. The molecule has 122 valence electrons. The first kappa shape index (κ1) is 17.9. The number of amides is 1. The Kier molecular flexibility index (Phi) is 5.50. The summed E-state index contributed by atoms with van der Waals surface area (Å²) in [4.78, 5) is 12.3. The third-order valence-electron chi connectivity index (χ3n) is 3.31. The first-order valence-electron chi connectivity index (χ1n) is 6.99. The highest BCUT2D eigenvalue weighted by Gasteiger charge is 2.11. The Morgan fingerprint density at radius 2 is 1.67 bits per heavy atom. The van der Waals surface area contributed by atoms with Gasteiger partial charge in [-0.25, -0.2) is 0 Å². The minimum atomic E-state index is -0.570. The number of rotatable bonds is 3. The van der Waals surface area contributed by atoms with Gasteiger partial charge in [-0.15, -0.1) is 0 Å². The molecular formula is C18H14Cl2N2O2. The van der Waals surface area contributed by atoms with Gasteiger partial charge in [0.05, 0.1) is 0 Å². The molecule has 0 unspecified atom stereocenters. The summed E-state index contributed by atoms with van der Waals surface area (Å²) >= 11 is 11.8. The molecular weight excluding hydrogens is 347 g/mol. The van der Waals surface area contributed by atoms with Gasteiger partial charge in [0.15, 0.2) is 0 Å². The van der Waals surface area contributed by atoms with E-state index in [0.717, 1.165) is 0 Å². The van der Waals surface area contributed by atoms with Crippen molar-refractivity contribution in [1.82, 2.24) is 0 Å². The number of nitrogens with zero attached hydrogens (tertiary/aromatic N) is 1. The Labute approximate surface area is 149 Å². The number of halogens is 2. The Balaban J connectivity index is 2.30. The number of hydrogen-bond acceptors (Lipinski definition) is 3. The second-order valence-electron chi connectivity index (χ2n) is 5.29. The van der Waals surface area contributed by atoms with E-state index in [-0.39, 0.29) is 11.3 Å². The van der Waals surface area contributed by atoms with Gasteiger partial charge in [-0.05, 0) is 66.9 Å². The van der Waals surface area contributed by atoms with Crippen LogP contribution in [0.25, 0.3) is 6.08 Å². The Hall–Kier alpha value is -2.48. The summed E-state index contributed by atoms with van der Waals surface area (Å²) in [6.07, 6.45) is 1.46. The van der Waals surface area contributed by atoms with Crippen LogP contribution >= 0.6 is 23.2 Å². The monoisotopic (exact) mass is 360 g/mol. The summed E-state index contributed by atoms with van der Waals surface area (Å²) in [6, 6.07) is 9.89. The van der Waals surface area contributed by atoms with Crippen LogP contribution in [-0.4, -0.2) is 11.0 Å². The zero-order valence-corrected chi connectivity index (χ0v) is 14.5. The van der Waals surface area contributed by atoms with E-state index < -0.39 is 5.91 Å². The van der Waals surface area contributed by atoms with Crippen molar-refractivity contribution in [2.75, 3.05) is 5.32 Å². The van der Waals surface area contributed by atoms with Crippen molar-refractivity contribution in [3.8, 4) is 11.8 Å². The predicted octanol–water partition coefficient (Wildman–Crippen LogP) is 4.86. The first-order valence-corrected chi connectivity index (χ1v) is 7.75. The maximum atomic E-state index is 12.3. The molecule has 0 saturated carbocycles. The number of phenolic OH excluding ortho intramolecular Hbond substituents is 1. The van der Waals surface area contributed by atoms with Gasteiger partial charge in [0.25, 0.3) is 5.91 Å². The van der Waals surface area contributed by atoms with E-state index in [1.165, 1.54) is 18.2 Å². The maximum Gasteiger partial charge on any atom is 0.266 e. The quantitative estimate of drug-likeness (QED) is 0.606. The van der Waals surface area contributed by atoms with Crippen LogP contribution in [0.3, 0.4) is 0 Å². The molecule has 0 aromatic heterocycles. The molecule has 2 rings (SSSR count). The van der Waals surface area contributed by atoms with Crippen molar-refractivity contribution in [2.24, 2.45) is 0 Å². The lowest BCUT2D eigenvalue weighted by Crippen LogP contribution is -2.13. The van der Waals surface area contributed by atoms with Crippen molar-refractivity contribution in [3.63, 3.8) is 0 Å². The number of anilines is 1. The van der Waals surface area contributed by atoms with Gasteiger partial charge < -0.3 is 10.4 Å². The maximum absolute atomic E-state index is 12.3. The predicted molar refractivity (Wildman–Crippen MR) is 96.3 cm³/mol. The van der Waals surface area contributed by atoms with Crippen LogP contribution in [-0.2, 0) is 4.79 Å². The van der Waals surface area contributed by atoms with E-state index in [2.05, 4.69) is 5.32 Å². The molecule has 0 bridgehead atoms. The van der Waals surface area contributed by atoms with Gasteiger partial charge in [0, 0.05) is 15.7 Å². The van der Waals surface area contributed by atoms with Gasteiger partial charge in [-0.3, -0.25) is 4.79 Å². The molecule has 0 atom stereocenters. The zero-order chi connectivity index (χ0) is 17.9. The molecule has 0 spiro atoms. The van der Waals surface area contributed by atoms with Gasteiger partial charge in [0.1, 0.15) is 17.4 Å². The standard InChI is InChI=1S/C18H14Cl2N2O2/c1-10-3-12(4-11(2)17(10)23)5-13(9-21)18(24)22-16-7-14(19)6-15(20)8-16/h3-8,23H,1-2H3,(H,22,24)/b13-5-. The fourth-order valence-corrected chi connectivity index (χ4v) is 2.74. The number of nitrogens with one attached hydrogen (secondary N) is 1.